The first-order valence-electron chi connectivity index (χ1n) is 5.86. The Bertz CT molecular complexity index is 318. The highest BCUT2D eigenvalue weighted by atomic mass is 32.1. The quantitative estimate of drug-likeness (QED) is 0.835. The van der Waals surface area contributed by atoms with Gasteiger partial charge in [-0.3, -0.25) is 4.79 Å². The van der Waals surface area contributed by atoms with Crippen molar-refractivity contribution in [3.8, 4) is 0 Å². The number of nitrogens with one attached hydrogen (secondary N) is 2. The number of thiophene rings is 1. The molecule has 0 aromatic carbocycles. The molecule has 2 heterocycles. The zero-order valence-electron chi connectivity index (χ0n) is 9.37. The lowest BCUT2D eigenvalue weighted by atomic mass is 10.1. The molecule has 0 aliphatic carbocycles. The zero-order valence-corrected chi connectivity index (χ0v) is 10.2. The van der Waals surface area contributed by atoms with Gasteiger partial charge in [0.05, 0.1) is 0 Å². The van der Waals surface area contributed by atoms with Crippen LogP contribution in [0.25, 0.3) is 0 Å². The molecule has 2 rings (SSSR count). The lowest BCUT2D eigenvalue weighted by Gasteiger charge is -2.23. The Balaban J connectivity index is 1.67. The second-order valence-electron chi connectivity index (χ2n) is 4.24. The van der Waals surface area contributed by atoms with Gasteiger partial charge in [0.15, 0.2) is 0 Å². The van der Waals surface area contributed by atoms with Gasteiger partial charge in [0.25, 0.3) is 0 Å². The lowest BCUT2D eigenvalue weighted by molar-refractivity contribution is -0.121. The smallest absolute Gasteiger partial charge is 0.220 e. The molecule has 0 bridgehead atoms. The fourth-order valence-electron chi connectivity index (χ4n) is 1.97. The number of piperidine rings is 1. The molecular weight excluding hydrogens is 220 g/mol. The van der Waals surface area contributed by atoms with E-state index < -0.39 is 0 Å². The van der Waals surface area contributed by atoms with E-state index in [9.17, 15) is 4.79 Å². The van der Waals surface area contributed by atoms with Crippen LogP contribution in [0.15, 0.2) is 16.8 Å². The summed E-state index contributed by atoms with van der Waals surface area (Å²) in [5.74, 6) is 0.180. The molecule has 88 valence electrons. The molecule has 16 heavy (non-hydrogen) atoms. The van der Waals surface area contributed by atoms with Gasteiger partial charge in [0.1, 0.15) is 0 Å². The molecule has 1 saturated heterocycles. The van der Waals surface area contributed by atoms with Crippen LogP contribution in [-0.2, 0) is 11.2 Å². The van der Waals surface area contributed by atoms with E-state index in [0.29, 0.717) is 12.5 Å². The molecule has 0 spiro atoms. The summed E-state index contributed by atoms with van der Waals surface area (Å²) >= 11 is 1.69. The van der Waals surface area contributed by atoms with Crippen LogP contribution in [0.3, 0.4) is 0 Å². The summed E-state index contributed by atoms with van der Waals surface area (Å²) in [6.07, 6.45) is 3.73. The van der Waals surface area contributed by atoms with E-state index in [2.05, 4.69) is 27.5 Å². The predicted molar refractivity (Wildman–Crippen MR) is 66.7 cm³/mol. The molecule has 2 N–H and O–H groups in total. The summed E-state index contributed by atoms with van der Waals surface area (Å²) in [7, 11) is 0. The normalized spacial score (nSPS) is 20.6. The molecule has 0 unspecified atom stereocenters. The molecular formula is C12H18N2OS. The summed E-state index contributed by atoms with van der Waals surface area (Å²) in [6.45, 7) is 2.01. The van der Waals surface area contributed by atoms with Gasteiger partial charge in [-0.1, -0.05) is 0 Å². The van der Waals surface area contributed by atoms with Crippen molar-refractivity contribution in [2.45, 2.75) is 31.7 Å². The minimum atomic E-state index is 0.180. The van der Waals surface area contributed by atoms with Gasteiger partial charge in [0.2, 0.25) is 5.91 Å². The van der Waals surface area contributed by atoms with E-state index in [-0.39, 0.29) is 5.91 Å². The second kappa shape index (κ2) is 6.01. The minimum absolute atomic E-state index is 0.180. The lowest BCUT2D eigenvalue weighted by Crippen LogP contribution is -2.45. The molecule has 3 nitrogen and oxygen atoms in total. The molecule has 1 atom stereocenters. The summed E-state index contributed by atoms with van der Waals surface area (Å²) in [4.78, 5) is 11.7. The highest BCUT2D eigenvalue weighted by Crippen LogP contribution is 2.08. The summed E-state index contributed by atoms with van der Waals surface area (Å²) in [5.41, 5.74) is 1.27. The fourth-order valence-corrected chi connectivity index (χ4v) is 2.67. The third-order valence-electron chi connectivity index (χ3n) is 2.88. The third-order valence-corrected chi connectivity index (χ3v) is 3.61. The van der Waals surface area contributed by atoms with E-state index in [1.807, 2.05) is 0 Å². The van der Waals surface area contributed by atoms with Crippen LogP contribution in [0.5, 0.6) is 0 Å². The van der Waals surface area contributed by atoms with Crippen LogP contribution in [0, 0.1) is 0 Å². The Kier molecular flexibility index (Phi) is 4.36. The first kappa shape index (κ1) is 11.6. The van der Waals surface area contributed by atoms with Crippen molar-refractivity contribution < 1.29 is 4.79 Å². The Morgan fingerprint density at radius 3 is 3.25 bits per heavy atom. The van der Waals surface area contributed by atoms with E-state index >= 15 is 0 Å². The Hall–Kier alpha value is -0.870. The maximum Gasteiger partial charge on any atom is 0.220 e. The number of carbonyl (C=O) groups excluding carboxylic acids is 1. The van der Waals surface area contributed by atoms with Gasteiger partial charge < -0.3 is 10.6 Å². The Morgan fingerprint density at radius 1 is 1.62 bits per heavy atom. The molecule has 1 aliphatic heterocycles. The van der Waals surface area contributed by atoms with Crippen molar-refractivity contribution in [2.75, 3.05) is 13.1 Å². The number of amides is 1. The number of hydrogen-bond donors (Lipinski definition) is 2. The molecule has 1 aromatic rings. The molecule has 4 heteroatoms. The van der Waals surface area contributed by atoms with Crippen molar-refractivity contribution in [3.05, 3.63) is 22.4 Å². The SMILES string of the molecule is O=C(CCc1ccsc1)N[C@@H]1CCCNC1. The van der Waals surface area contributed by atoms with Crippen LogP contribution in [0.4, 0.5) is 0 Å². The van der Waals surface area contributed by atoms with E-state index in [1.54, 1.807) is 11.3 Å². The topological polar surface area (TPSA) is 41.1 Å². The van der Waals surface area contributed by atoms with Gasteiger partial charge in [-0.05, 0) is 48.2 Å². The molecule has 1 aliphatic rings. The van der Waals surface area contributed by atoms with Gasteiger partial charge >= 0.3 is 0 Å². The summed E-state index contributed by atoms with van der Waals surface area (Å²) < 4.78 is 0. The van der Waals surface area contributed by atoms with Crippen LogP contribution >= 0.6 is 11.3 Å². The molecule has 0 radical (unpaired) electrons. The number of carbonyl (C=O) groups is 1. The van der Waals surface area contributed by atoms with Crippen molar-refractivity contribution in [3.63, 3.8) is 0 Å². The first-order valence-corrected chi connectivity index (χ1v) is 6.80. The predicted octanol–water partition coefficient (Wildman–Crippen LogP) is 1.55. The van der Waals surface area contributed by atoms with Crippen molar-refractivity contribution >= 4 is 17.2 Å². The maximum absolute atomic E-state index is 11.7. The molecule has 1 amide bonds. The summed E-state index contributed by atoms with van der Waals surface area (Å²) in [6, 6.07) is 2.42. The molecule has 0 saturated carbocycles. The van der Waals surface area contributed by atoms with Gasteiger partial charge in [0, 0.05) is 19.0 Å². The number of rotatable bonds is 4. The fraction of sp³-hybridized carbons (Fsp3) is 0.583. The number of hydrogen-bond acceptors (Lipinski definition) is 3. The van der Waals surface area contributed by atoms with E-state index in [4.69, 9.17) is 0 Å². The minimum Gasteiger partial charge on any atom is -0.352 e. The average molecular weight is 238 g/mol. The molecule has 1 aromatic heterocycles. The van der Waals surface area contributed by atoms with Crippen LogP contribution in [-0.4, -0.2) is 25.0 Å². The van der Waals surface area contributed by atoms with Crippen LogP contribution in [0.2, 0.25) is 0 Å². The molecule has 1 fully saturated rings. The standard InChI is InChI=1S/C12H18N2OS/c15-12(4-3-10-5-7-16-9-10)14-11-2-1-6-13-8-11/h5,7,9,11,13H,1-4,6,8H2,(H,14,15)/t11-/m1/s1. The van der Waals surface area contributed by atoms with Gasteiger partial charge in [-0.25, -0.2) is 0 Å². The Labute approximate surface area is 100 Å². The highest BCUT2D eigenvalue weighted by molar-refractivity contribution is 7.07. The van der Waals surface area contributed by atoms with Crippen LogP contribution < -0.4 is 10.6 Å². The van der Waals surface area contributed by atoms with Crippen molar-refractivity contribution in [1.29, 1.82) is 0 Å². The summed E-state index contributed by atoms with van der Waals surface area (Å²) in [5, 5.41) is 10.5. The largest absolute Gasteiger partial charge is 0.352 e. The monoisotopic (exact) mass is 238 g/mol. The Morgan fingerprint density at radius 2 is 2.56 bits per heavy atom. The second-order valence-corrected chi connectivity index (χ2v) is 5.02. The maximum atomic E-state index is 11.7. The first-order chi connectivity index (χ1) is 7.84. The van der Waals surface area contributed by atoms with Crippen molar-refractivity contribution in [2.24, 2.45) is 0 Å². The average Bonchev–Trinajstić information content (AvgIpc) is 2.81. The number of aryl methyl sites for hydroxylation is 1. The van der Waals surface area contributed by atoms with E-state index in [1.165, 1.54) is 5.56 Å². The van der Waals surface area contributed by atoms with E-state index in [0.717, 1.165) is 32.4 Å². The highest BCUT2D eigenvalue weighted by Gasteiger charge is 2.14. The van der Waals surface area contributed by atoms with Crippen molar-refractivity contribution in [1.82, 2.24) is 10.6 Å². The van der Waals surface area contributed by atoms with Crippen LogP contribution in [0.1, 0.15) is 24.8 Å². The van der Waals surface area contributed by atoms with Gasteiger partial charge in [-0.15, -0.1) is 0 Å². The zero-order chi connectivity index (χ0) is 11.2. The third kappa shape index (κ3) is 3.61. The van der Waals surface area contributed by atoms with Gasteiger partial charge in [-0.2, -0.15) is 11.3 Å².